The maximum Gasteiger partial charge on any atom is 0.135 e. The van der Waals surface area contributed by atoms with Crippen LogP contribution in [0.25, 0.3) is 0 Å². The lowest BCUT2D eigenvalue weighted by Gasteiger charge is -2.25. The van der Waals surface area contributed by atoms with Crippen molar-refractivity contribution in [3.8, 4) is 0 Å². The van der Waals surface area contributed by atoms with Gasteiger partial charge >= 0.3 is 0 Å². The van der Waals surface area contributed by atoms with Crippen LogP contribution < -0.4 is 10.6 Å². The van der Waals surface area contributed by atoms with Crippen LogP contribution in [0.4, 0.5) is 11.6 Å². The fourth-order valence-corrected chi connectivity index (χ4v) is 2.99. The lowest BCUT2D eigenvalue weighted by molar-refractivity contribution is 0.455. The molecular formula is C16H28N4. The fourth-order valence-electron chi connectivity index (χ4n) is 2.99. The molecule has 2 unspecified atom stereocenters. The third-order valence-corrected chi connectivity index (χ3v) is 4.43. The molecule has 4 heteroatoms. The summed E-state index contributed by atoms with van der Waals surface area (Å²) in [5.74, 6) is 3.58. The van der Waals surface area contributed by atoms with E-state index in [4.69, 9.17) is 4.98 Å². The summed E-state index contributed by atoms with van der Waals surface area (Å²) in [6.07, 6.45) is 7.50. The first-order chi connectivity index (χ1) is 9.65. The highest BCUT2D eigenvalue weighted by molar-refractivity contribution is 5.57. The van der Waals surface area contributed by atoms with Crippen LogP contribution in [0.5, 0.6) is 0 Å². The highest BCUT2D eigenvalue weighted by Gasteiger charge is 2.21. The van der Waals surface area contributed by atoms with E-state index >= 15 is 0 Å². The largest absolute Gasteiger partial charge is 0.373 e. The molecule has 2 N–H and O–H groups in total. The van der Waals surface area contributed by atoms with Crippen molar-refractivity contribution in [2.75, 3.05) is 17.7 Å². The average Bonchev–Trinajstić information content (AvgIpc) is 2.66. The number of nitrogens with zero attached hydrogens (tertiary/aromatic N) is 2. The molecule has 0 bridgehead atoms. The van der Waals surface area contributed by atoms with Crippen LogP contribution in [0.15, 0.2) is 0 Å². The summed E-state index contributed by atoms with van der Waals surface area (Å²) in [6.45, 7) is 6.55. The second-order valence-corrected chi connectivity index (χ2v) is 5.93. The van der Waals surface area contributed by atoms with Gasteiger partial charge in [-0.05, 0) is 25.7 Å². The molecule has 0 saturated heterocycles. The Bertz CT molecular complexity index is 444. The summed E-state index contributed by atoms with van der Waals surface area (Å²) in [6, 6.07) is 0.542. The van der Waals surface area contributed by atoms with E-state index < -0.39 is 0 Å². The quantitative estimate of drug-likeness (QED) is 0.822. The molecule has 1 aliphatic carbocycles. The van der Waals surface area contributed by atoms with Crippen LogP contribution in [0.3, 0.4) is 0 Å². The summed E-state index contributed by atoms with van der Waals surface area (Å²) in [5.41, 5.74) is 1.13. The van der Waals surface area contributed by atoms with E-state index in [1.165, 1.54) is 32.1 Å². The predicted octanol–water partition coefficient (Wildman–Crippen LogP) is 3.77. The van der Waals surface area contributed by atoms with Gasteiger partial charge in [0.2, 0.25) is 0 Å². The lowest BCUT2D eigenvalue weighted by atomic mass is 9.97. The van der Waals surface area contributed by atoms with Gasteiger partial charge in [0.25, 0.3) is 0 Å². The van der Waals surface area contributed by atoms with Crippen molar-refractivity contribution in [1.82, 2.24) is 9.97 Å². The maximum absolute atomic E-state index is 4.70. The zero-order chi connectivity index (χ0) is 14.5. The molecule has 2 rings (SSSR count). The van der Waals surface area contributed by atoms with Gasteiger partial charge in [-0.15, -0.1) is 0 Å². The van der Waals surface area contributed by atoms with E-state index in [2.05, 4.69) is 36.4 Å². The molecule has 1 aliphatic rings. The summed E-state index contributed by atoms with van der Waals surface area (Å²) < 4.78 is 0. The number of nitrogens with one attached hydrogen (secondary N) is 2. The van der Waals surface area contributed by atoms with Crippen LogP contribution in [0, 0.1) is 12.8 Å². The Kier molecular flexibility index (Phi) is 5.21. The third kappa shape index (κ3) is 3.41. The molecule has 1 aromatic rings. The van der Waals surface area contributed by atoms with Crippen LogP contribution >= 0.6 is 0 Å². The van der Waals surface area contributed by atoms with E-state index in [1.807, 2.05) is 7.05 Å². The fraction of sp³-hybridized carbons (Fsp3) is 0.750. The first kappa shape index (κ1) is 15.1. The first-order valence-electron chi connectivity index (χ1n) is 7.97. The Morgan fingerprint density at radius 1 is 1.10 bits per heavy atom. The zero-order valence-electron chi connectivity index (χ0n) is 13.3. The Labute approximate surface area is 122 Å². The van der Waals surface area contributed by atoms with E-state index in [0.717, 1.165) is 35.4 Å². The minimum atomic E-state index is 0.542. The molecule has 20 heavy (non-hydrogen) atoms. The number of hydrogen-bond acceptors (Lipinski definition) is 4. The highest BCUT2D eigenvalue weighted by Crippen LogP contribution is 2.28. The van der Waals surface area contributed by atoms with Gasteiger partial charge in [-0.3, -0.25) is 0 Å². The second-order valence-electron chi connectivity index (χ2n) is 5.93. The van der Waals surface area contributed by atoms with E-state index in [0.29, 0.717) is 6.04 Å². The van der Waals surface area contributed by atoms with Crippen LogP contribution in [-0.4, -0.2) is 23.1 Å². The molecule has 0 aromatic carbocycles. The van der Waals surface area contributed by atoms with Gasteiger partial charge in [0.15, 0.2) is 0 Å². The topological polar surface area (TPSA) is 49.8 Å². The molecule has 0 aliphatic heterocycles. The molecule has 1 heterocycles. The van der Waals surface area contributed by atoms with Crippen molar-refractivity contribution in [3.63, 3.8) is 0 Å². The van der Waals surface area contributed by atoms with Gasteiger partial charge in [-0.25, -0.2) is 9.97 Å². The Balaban J connectivity index is 2.22. The smallest absolute Gasteiger partial charge is 0.135 e. The van der Waals surface area contributed by atoms with Crippen molar-refractivity contribution in [3.05, 3.63) is 11.4 Å². The zero-order valence-corrected chi connectivity index (χ0v) is 13.3. The van der Waals surface area contributed by atoms with E-state index in [-0.39, 0.29) is 0 Å². The molecule has 1 aromatic heterocycles. The third-order valence-electron chi connectivity index (χ3n) is 4.43. The number of rotatable bonds is 4. The molecule has 0 radical (unpaired) electrons. The van der Waals surface area contributed by atoms with Gasteiger partial charge in [0, 0.05) is 25.1 Å². The molecule has 0 amide bonds. The minimum Gasteiger partial charge on any atom is -0.373 e. The van der Waals surface area contributed by atoms with Gasteiger partial charge in [-0.2, -0.15) is 0 Å². The minimum absolute atomic E-state index is 0.542. The maximum atomic E-state index is 4.70. The summed E-state index contributed by atoms with van der Waals surface area (Å²) in [7, 11) is 1.92. The van der Waals surface area contributed by atoms with Crippen LogP contribution in [0.1, 0.15) is 57.3 Å². The van der Waals surface area contributed by atoms with Crippen molar-refractivity contribution >= 4 is 11.6 Å². The Morgan fingerprint density at radius 3 is 2.50 bits per heavy atom. The monoisotopic (exact) mass is 276 g/mol. The molecule has 2 atom stereocenters. The predicted molar refractivity (Wildman–Crippen MR) is 85.4 cm³/mol. The normalized spacial score (nSPS) is 23.2. The van der Waals surface area contributed by atoms with Crippen molar-refractivity contribution in [2.45, 2.75) is 65.3 Å². The summed E-state index contributed by atoms with van der Waals surface area (Å²) in [5, 5.41) is 6.88. The molecule has 0 spiro atoms. The van der Waals surface area contributed by atoms with Crippen molar-refractivity contribution in [1.29, 1.82) is 0 Å². The second kappa shape index (κ2) is 6.91. The summed E-state index contributed by atoms with van der Waals surface area (Å²) in [4.78, 5) is 9.23. The van der Waals surface area contributed by atoms with Crippen LogP contribution in [-0.2, 0) is 6.42 Å². The van der Waals surface area contributed by atoms with E-state index in [1.54, 1.807) is 0 Å². The Morgan fingerprint density at radius 2 is 1.80 bits per heavy atom. The van der Waals surface area contributed by atoms with Crippen molar-refractivity contribution in [2.24, 2.45) is 5.92 Å². The van der Waals surface area contributed by atoms with E-state index in [9.17, 15) is 0 Å². The SMILES string of the molecule is CCc1nc(NC)c(C)c(NC2CCCCCC2C)n1. The van der Waals surface area contributed by atoms with Gasteiger partial charge in [0.05, 0.1) is 0 Å². The highest BCUT2D eigenvalue weighted by atomic mass is 15.1. The average molecular weight is 276 g/mol. The number of hydrogen-bond donors (Lipinski definition) is 2. The molecule has 112 valence electrons. The van der Waals surface area contributed by atoms with Gasteiger partial charge in [0.1, 0.15) is 17.5 Å². The standard InChI is InChI=1S/C16H28N4/c1-5-14-19-15(17-4)12(3)16(20-14)18-13-10-8-6-7-9-11(13)2/h11,13H,5-10H2,1-4H3,(H2,17,18,19,20). The first-order valence-corrected chi connectivity index (χ1v) is 7.97. The van der Waals surface area contributed by atoms with Crippen LogP contribution in [0.2, 0.25) is 0 Å². The van der Waals surface area contributed by atoms with Crippen molar-refractivity contribution < 1.29 is 0 Å². The number of aromatic nitrogens is 2. The summed E-state index contributed by atoms with van der Waals surface area (Å²) >= 11 is 0. The lowest BCUT2D eigenvalue weighted by Crippen LogP contribution is -2.27. The molecule has 4 nitrogen and oxygen atoms in total. The molecule has 1 saturated carbocycles. The van der Waals surface area contributed by atoms with Gasteiger partial charge < -0.3 is 10.6 Å². The Hall–Kier alpha value is -1.32. The van der Waals surface area contributed by atoms with Gasteiger partial charge in [-0.1, -0.05) is 33.1 Å². The number of anilines is 2. The molecular weight excluding hydrogens is 248 g/mol. The molecule has 1 fully saturated rings. The number of aryl methyl sites for hydroxylation is 1.